The lowest BCUT2D eigenvalue weighted by Gasteiger charge is -2.31. The van der Waals surface area contributed by atoms with Gasteiger partial charge in [0.1, 0.15) is 11.5 Å². The minimum absolute atomic E-state index is 0.00358. The fourth-order valence-corrected chi connectivity index (χ4v) is 4.71. The van der Waals surface area contributed by atoms with Gasteiger partial charge < -0.3 is 25.8 Å². The Morgan fingerprint density at radius 1 is 1.18 bits per heavy atom. The molecule has 1 aliphatic heterocycles. The zero-order valence-electron chi connectivity index (χ0n) is 21.0. The van der Waals surface area contributed by atoms with Crippen molar-refractivity contribution < 1.29 is 18.8 Å². The van der Waals surface area contributed by atoms with Crippen molar-refractivity contribution in [1.82, 2.24) is 14.9 Å². The van der Waals surface area contributed by atoms with Crippen molar-refractivity contribution >= 4 is 40.7 Å². The highest BCUT2D eigenvalue weighted by Crippen LogP contribution is 2.24. The van der Waals surface area contributed by atoms with Gasteiger partial charge in [-0.15, -0.1) is 0 Å². The summed E-state index contributed by atoms with van der Waals surface area (Å²) in [6, 6.07) is 10.2. The minimum atomic E-state index is -0.797. The number of H-pyrrole nitrogens is 1. The van der Waals surface area contributed by atoms with Gasteiger partial charge in [-0.25, -0.2) is 9.37 Å². The monoisotopic (exact) mass is 540 g/mol. The van der Waals surface area contributed by atoms with Crippen LogP contribution in [0.25, 0.3) is 0 Å². The molecule has 3 aromatic rings. The molecule has 2 heterocycles. The quantitative estimate of drug-likeness (QED) is 0.373. The van der Waals surface area contributed by atoms with Crippen LogP contribution in [0.2, 0.25) is 5.02 Å². The second-order valence-corrected chi connectivity index (χ2v) is 9.86. The van der Waals surface area contributed by atoms with Gasteiger partial charge in [0, 0.05) is 17.9 Å². The normalized spacial score (nSPS) is 14.3. The number of rotatable bonds is 9. The lowest BCUT2D eigenvalue weighted by Crippen LogP contribution is -2.38. The van der Waals surface area contributed by atoms with Gasteiger partial charge in [-0.05, 0) is 87.3 Å². The van der Waals surface area contributed by atoms with Crippen LogP contribution in [0, 0.1) is 11.7 Å². The number of nitrogens with two attached hydrogens (primary N) is 1. The summed E-state index contributed by atoms with van der Waals surface area (Å²) in [5.41, 5.74) is 6.49. The Labute approximate surface area is 225 Å². The second-order valence-electron chi connectivity index (χ2n) is 9.45. The molecule has 9 nitrogen and oxygen atoms in total. The first kappa shape index (κ1) is 27.3. The number of imidazole rings is 1. The third-order valence-electron chi connectivity index (χ3n) is 6.68. The molecule has 0 aliphatic carbocycles. The summed E-state index contributed by atoms with van der Waals surface area (Å²) < 4.78 is 13.3. The summed E-state index contributed by atoms with van der Waals surface area (Å²) in [5.74, 6) is -1.52. The number of carbonyl (C=O) groups is 3. The van der Waals surface area contributed by atoms with E-state index in [1.54, 1.807) is 29.2 Å². The maximum absolute atomic E-state index is 13.5. The molecule has 0 radical (unpaired) electrons. The zero-order chi connectivity index (χ0) is 27.2. The first-order valence-electron chi connectivity index (χ1n) is 12.5. The van der Waals surface area contributed by atoms with Crippen LogP contribution < -0.4 is 16.0 Å². The number of nitrogens with zero attached hydrogens (tertiary/aromatic N) is 3. The van der Waals surface area contributed by atoms with Crippen LogP contribution in [0.3, 0.4) is 0 Å². The Morgan fingerprint density at radius 2 is 1.89 bits per heavy atom. The summed E-state index contributed by atoms with van der Waals surface area (Å²) in [4.78, 5) is 48.5. The molecule has 2 aromatic carbocycles. The Morgan fingerprint density at radius 3 is 2.55 bits per heavy atom. The molecule has 1 fully saturated rings. The third-order valence-corrected chi connectivity index (χ3v) is 6.99. The van der Waals surface area contributed by atoms with Crippen LogP contribution in [-0.4, -0.2) is 58.8 Å². The van der Waals surface area contributed by atoms with E-state index >= 15 is 0 Å². The first-order chi connectivity index (χ1) is 18.2. The predicted octanol–water partition coefficient (Wildman–Crippen LogP) is 4.32. The molecule has 1 aliphatic rings. The zero-order valence-corrected chi connectivity index (χ0v) is 21.8. The Kier molecular flexibility index (Phi) is 8.75. The number of hydrogen-bond acceptors (Lipinski definition) is 5. The topological polar surface area (TPSA) is 124 Å². The van der Waals surface area contributed by atoms with Crippen molar-refractivity contribution in [3.8, 4) is 0 Å². The number of benzene rings is 2. The maximum atomic E-state index is 13.5. The van der Waals surface area contributed by atoms with Crippen LogP contribution in [0.15, 0.2) is 48.8 Å². The van der Waals surface area contributed by atoms with Crippen molar-refractivity contribution in [1.29, 1.82) is 0 Å². The molecule has 4 rings (SSSR count). The largest absolute Gasteiger partial charge is 0.364 e. The van der Waals surface area contributed by atoms with Crippen molar-refractivity contribution in [2.24, 2.45) is 11.7 Å². The fraction of sp³-hybridized carbons (Fsp3) is 0.333. The van der Waals surface area contributed by atoms with E-state index in [1.807, 2.05) is 0 Å². The molecule has 1 saturated heterocycles. The predicted molar refractivity (Wildman–Crippen MR) is 144 cm³/mol. The molecule has 38 heavy (non-hydrogen) atoms. The van der Waals surface area contributed by atoms with Gasteiger partial charge in [0.15, 0.2) is 5.69 Å². The highest BCUT2D eigenvalue weighted by molar-refractivity contribution is 6.34. The Bertz CT molecular complexity index is 1300. The van der Waals surface area contributed by atoms with Gasteiger partial charge in [-0.1, -0.05) is 18.5 Å². The van der Waals surface area contributed by atoms with Gasteiger partial charge in [0.05, 0.1) is 16.9 Å². The molecule has 0 saturated carbocycles. The van der Waals surface area contributed by atoms with E-state index in [1.165, 1.54) is 12.4 Å². The van der Waals surface area contributed by atoms with Gasteiger partial charge >= 0.3 is 0 Å². The average molecular weight is 541 g/mol. The van der Waals surface area contributed by atoms with E-state index in [0.717, 1.165) is 56.9 Å². The van der Waals surface area contributed by atoms with Gasteiger partial charge in [0.2, 0.25) is 0 Å². The lowest BCUT2D eigenvalue weighted by atomic mass is 9.99. The number of halogens is 2. The molecule has 4 N–H and O–H groups in total. The van der Waals surface area contributed by atoms with E-state index in [9.17, 15) is 18.8 Å². The molecular formula is C27H30ClFN6O3. The lowest BCUT2D eigenvalue weighted by molar-refractivity contribution is 0.0953. The van der Waals surface area contributed by atoms with Crippen molar-refractivity contribution in [2.75, 3.05) is 36.4 Å². The van der Waals surface area contributed by atoms with Crippen LogP contribution in [-0.2, 0) is 0 Å². The van der Waals surface area contributed by atoms with Crippen LogP contribution >= 0.6 is 11.6 Å². The number of nitrogens with one attached hydrogen (secondary N) is 2. The van der Waals surface area contributed by atoms with Crippen molar-refractivity contribution in [2.45, 2.75) is 26.2 Å². The SMILES string of the molecule is CC1CCN(CCCN(C(=O)c2[nH]cnc2C(N)=O)c2ccc(NC(=O)c3ccc(F)cc3Cl)cc2)CC1. The molecule has 200 valence electrons. The highest BCUT2D eigenvalue weighted by atomic mass is 35.5. The molecule has 0 spiro atoms. The summed E-state index contributed by atoms with van der Waals surface area (Å²) in [6.45, 7) is 5.58. The number of piperidine rings is 1. The fourth-order valence-electron chi connectivity index (χ4n) is 4.46. The van der Waals surface area contributed by atoms with Gasteiger partial charge in [-0.3, -0.25) is 14.4 Å². The summed E-state index contributed by atoms with van der Waals surface area (Å²) >= 11 is 6.00. The molecule has 0 unspecified atom stereocenters. The smallest absolute Gasteiger partial charge is 0.277 e. The average Bonchev–Trinajstić information content (AvgIpc) is 3.39. The Hall–Kier alpha value is -3.76. The standard InChI is InChI=1S/C27H30ClFN6O3/c1-17-9-13-34(14-10-17)11-2-12-35(27(38)24-23(25(30)36)31-16-32-24)20-6-4-19(5-7-20)33-26(37)21-8-3-18(29)15-22(21)28/h3-8,15-17H,2,9-14H2,1H3,(H2,30,36)(H,31,32)(H,33,37). The van der Waals surface area contributed by atoms with Crippen molar-refractivity contribution in [3.63, 3.8) is 0 Å². The molecular weight excluding hydrogens is 511 g/mol. The van der Waals surface area contributed by atoms with Crippen LogP contribution in [0.5, 0.6) is 0 Å². The maximum Gasteiger partial charge on any atom is 0.277 e. The number of amides is 3. The van der Waals surface area contributed by atoms with E-state index in [-0.39, 0.29) is 22.0 Å². The molecule has 0 bridgehead atoms. The summed E-state index contributed by atoms with van der Waals surface area (Å²) in [6.07, 6.45) is 4.31. The second kappa shape index (κ2) is 12.2. The number of aromatic amines is 1. The number of likely N-dealkylation sites (tertiary alicyclic amines) is 1. The van der Waals surface area contributed by atoms with E-state index in [2.05, 4.69) is 27.1 Å². The third kappa shape index (κ3) is 6.56. The van der Waals surface area contributed by atoms with E-state index in [4.69, 9.17) is 17.3 Å². The van der Waals surface area contributed by atoms with Crippen molar-refractivity contribution in [3.05, 3.63) is 76.6 Å². The number of carbonyl (C=O) groups excluding carboxylic acids is 3. The molecule has 0 atom stereocenters. The van der Waals surface area contributed by atoms with Crippen LogP contribution in [0.1, 0.15) is 57.5 Å². The highest BCUT2D eigenvalue weighted by Gasteiger charge is 2.25. The molecule has 11 heteroatoms. The van der Waals surface area contributed by atoms with Crippen LogP contribution in [0.4, 0.5) is 15.8 Å². The van der Waals surface area contributed by atoms with E-state index in [0.29, 0.717) is 17.9 Å². The number of hydrogen-bond donors (Lipinski definition) is 3. The molecule has 1 aromatic heterocycles. The number of anilines is 2. The number of aromatic nitrogens is 2. The van der Waals surface area contributed by atoms with Gasteiger partial charge in [-0.2, -0.15) is 0 Å². The summed E-state index contributed by atoms with van der Waals surface area (Å²) in [7, 11) is 0. The Balaban J connectivity index is 1.50. The molecule has 3 amide bonds. The van der Waals surface area contributed by atoms with Gasteiger partial charge in [0.25, 0.3) is 17.7 Å². The number of primary amides is 1. The summed E-state index contributed by atoms with van der Waals surface area (Å²) in [5, 5.41) is 2.73. The van der Waals surface area contributed by atoms with E-state index < -0.39 is 23.5 Å². The first-order valence-corrected chi connectivity index (χ1v) is 12.8. The minimum Gasteiger partial charge on any atom is -0.364 e.